The maximum Gasteiger partial charge on any atom is 0.152 e. The summed E-state index contributed by atoms with van der Waals surface area (Å²) in [4.78, 5) is 9.22. The predicted molar refractivity (Wildman–Crippen MR) is 72.2 cm³/mol. The molecule has 17 heavy (non-hydrogen) atoms. The number of aromatic nitrogens is 1. The van der Waals surface area contributed by atoms with Crippen molar-refractivity contribution >= 4 is 11.5 Å². The van der Waals surface area contributed by atoms with Gasteiger partial charge in [-0.3, -0.25) is 0 Å². The summed E-state index contributed by atoms with van der Waals surface area (Å²) in [6.45, 7) is 5.52. The zero-order valence-electron chi connectivity index (χ0n) is 10.8. The Labute approximate surface area is 103 Å². The summed E-state index contributed by atoms with van der Waals surface area (Å²) in [6, 6.07) is 4.34. The number of nitrogens with two attached hydrogens (primary N) is 1. The van der Waals surface area contributed by atoms with E-state index in [9.17, 15) is 0 Å². The summed E-state index contributed by atoms with van der Waals surface area (Å²) in [5, 5.41) is 0. The summed E-state index contributed by atoms with van der Waals surface area (Å²) >= 11 is 0. The van der Waals surface area contributed by atoms with Gasteiger partial charge >= 0.3 is 0 Å². The summed E-state index contributed by atoms with van der Waals surface area (Å²) in [5.74, 6) is 0.953. The van der Waals surface area contributed by atoms with Crippen LogP contribution < -0.4 is 10.6 Å². The lowest BCUT2D eigenvalue weighted by Crippen LogP contribution is -2.40. The first-order valence-corrected chi connectivity index (χ1v) is 6.38. The molecule has 0 bridgehead atoms. The van der Waals surface area contributed by atoms with Crippen LogP contribution in [0.1, 0.15) is 19.8 Å². The Hall–Kier alpha value is -1.29. The van der Waals surface area contributed by atoms with Crippen molar-refractivity contribution < 1.29 is 0 Å². The van der Waals surface area contributed by atoms with Gasteiger partial charge in [0.1, 0.15) is 0 Å². The van der Waals surface area contributed by atoms with E-state index >= 15 is 0 Å². The first kappa shape index (κ1) is 12.2. The maximum absolute atomic E-state index is 6.04. The molecular weight excluding hydrogens is 212 g/mol. The van der Waals surface area contributed by atoms with Crippen LogP contribution in [0.4, 0.5) is 11.5 Å². The Kier molecular flexibility index (Phi) is 3.84. The highest BCUT2D eigenvalue weighted by atomic mass is 15.3. The molecule has 4 heteroatoms. The zero-order chi connectivity index (χ0) is 12.3. The fourth-order valence-corrected chi connectivity index (χ4v) is 2.52. The third-order valence-corrected chi connectivity index (χ3v) is 3.46. The van der Waals surface area contributed by atoms with E-state index in [1.807, 2.05) is 18.3 Å². The molecule has 1 fully saturated rings. The average molecular weight is 234 g/mol. The Morgan fingerprint density at radius 2 is 2.29 bits per heavy atom. The summed E-state index contributed by atoms with van der Waals surface area (Å²) < 4.78 is 0. The molecule has 0 aliphatic carbocycles. The predicted octanol–water partition coefficient (Wildman–Crippen LogP) is 1.58. The fraction of sp³-hybridized carbons (Fsp3) is 0.615. The minimum absolute atomic E-state index is 0.514. The van der Waals surface area contributed by atoms with Gasteiger partial charge in [0.2, 0.25) is 0 Å². The van der Waals surface area contributed by atoms with E-state index in [1.165, 1.54) is 6.42 Å². The third kappa shape index (κ3) is 2.69. The van der Waals surface area contributed by atoms with Gasteiger partial charge in [-0.15, -0.1) is 0 Å². The molecule has 1 aliphatic rings. The molecule has 1 aliphatic heterocycles. The fourth-order valence-electron chi connectivity index (χ4n) is 2.52. The Morgan fingerprint density at radius 3 is 3.00 bits per heavy atom. The number of likely N-dealkylation sites (N-methyl/N-ethyl adjacent to an activating group) is 1. The Morgan fingerprint density at radius 1 is 1.47 bits per heavy atom. The zero-order valence-corrected chi connectivity index (χ0v) is 10.8. The van der Waals surface area contributed by atoms with Gasteiger partial charge in [-0.2, -0.15) is 0 Å². The van der Waals surface area contributed by atoms with Crippen LogP contribution in [0.3, 0.4) is 0 Å². The summed E-state index contributed by atoms with van der Waals surface area (Å²) in [5.41, 5.74) is 6.82. The monoisotopic (exact) mass is 234 g/mol. The number of rotatable bonds is 2. The normalized spacial score (nSPS) is 22.5. The van der Waals surface area contributed by atoms with Crippen molar-refractivity contribution in [3.63, 3.8) is 0 Å². The van der Waals surface area contributed by atoms with Gasteiger partial charge in [0.05, 0.1) is 5.69 Å². The molecular formula is C13H22N4. The van der Waals surface area contributed by atoms with Gasteiger partial charge in [-0.05, 0) is 38.6 Å². The molecule has 0 radical (unpaired) electrons. The number of hydrogen-bond donors (Lipinski definition) is 1. The molecule has 0 saturated carbocycles. The molecule has 2 rings (SSSR count). The lowest BCUT2D eigenvalue weighted by Gasteiger charge is -2.31. The minimum Gasteiger partial charge on any atom is -0.396 e. The van der Waals surface area contributed by atoms with Crippen LogP contribution >= 0.6 is 0 Å². The molecule has 0 spiro atoms. The van der Waals surface area contributed by atoms with Crippen molar-refractivity contribution in [2.75, 3.05) is 37.3 Å². The van der Waals surface area contributed by atoms with Crippen LogP contribution in [0, 0.1) is 0 Å². The lowest BCUT2D eigenvalue weighted by molar-refractivity contribution is 0.328. The summed E-state index contributed by atoms with van der Waals surface area (Å²) in [7, 11) is 2.19. The molecule has 0 aromatic carbocycles. The second-order valence-electron chi connectivity index (χ2n) is 4.79. The lowest BCUT2D eigenvalue weighted by atomic mass is 10.1. The van der Waals surface area contributed by atoms with E-state index in [0.29, 0.717) is 6.04 Å². The highest BCUT2D eigenvalue weighted by Crippen LogP contribution is 2.24. The smallest absolute Gasteiger partial charge is 0.152 e. The van der Waals surface area contributed by atoms with Crippen LogP contribution in [-0.4, -0.2) is 42.6 Å². The second-order valence-corrected chi connectivity index (χ2v) is 4.79. The molecule has 4 nitrogen and oxygen atoms in total. The molecule has 1 atom stereocenters. The number of nitrogen functional groups attached to an aromatic ring is 1. The minimum atomic E-state index is 0.514. The first-order valence-electron chi connectivity index (χ1n) is 6.38. The van der Waals surface area contributed by atoms with Gasteiger partial charge < -0.3 is 15.5 Å². The van der Waals surface area contributed by atoms with E-state index < -0.39 is 0 Å². The standard InChI is InChI=1S/C13H22N4/c1-3-11-10-16(2)8-5-9-17(11)13-12(14)6-4-7-15-13/h4,6-7,11H,3,5,8-10,14H2,1-2H3. The van der Waals surface area contributed by atoms with Crippen LogP contribution in [0.2, 0.25) is 0 Å². The van der Waals surface area contributed by atoms with Crippen LogP contribution in [-0.2, 0) is 0 Å². The first-order chi connectivity index (χ1) is 8.22. The van der Waals surface area contributed by atoms with Gasteiger partial charge in [-0.25, -0.2) is 4.98 Å². The van der Waals surface area contributed by atoms with Gasteiger partial charge in [0, 0.05) is 25.3 Å². The van der Waals surface area contributed by atoms with Crippen molar-refractivity contribution in [3.8, 4) is 0 Å². The SMILES string of the molecule is CCC1CN(C)CCCN1c1ncccc1N. The van der Waals surface area contributed by atoms with Gasteiger partial charge in [-0.1, -0.05) is 6.92 Å². The molecule has 94 valence electrons. The van der Waals surface area contributed by atoms with Crippen LogP contribution in [0.25, 0.3) is 0 Å². The molecule has 2 N–H and O–H groups in total. The quantitative estimate of drug-likeness (QED) is 0.844. The van der Waals surface area contributed by atoms with Gasteiger partial charge in [0.15, 0.2) is 5.82 Å². The number of hydrogen-bond acceptors (Lipinski definition) is 4. The van der Waals surface area contributed by atoms with Crippen molar-refractivity contribution in [1.29, 1.82) is 0 Å². The van der Waals surface area contributed by atoms with Crippen molar-refractivity contribution in [1.82, 2.24) is 9.88 Å². The van der Waals surface area contributed by atoms with Gasteiger partial charge in [0.25, 0.3) is 0 Å². The van der Waals surface area contributed by atoms with E-state index in [-0.39, 0.29) is 0 Å². The largest absolute Gasteiger partial charge is 0.396 e. The molecule has 0 amide bonds. The molecule has 1 saturated heterocycles. The molecule has 1 unspecified atom stereocenters. The van der Waals surface area contributed by atoms with Crippen molar-refractivity contribution in [2.45, 2.75) is 25.8 Å². The molecule has 1 aromatic heterocycles. The number of nitrogens with zero attached hydrogens (tertiary/aromatic N) is 3. The van der Waals surface area contributed by atoms with Crippen molar-refractivity contribution in [3.05, 3.63) is 18.3 Å². The topological polar surface area (TPSA) is 45.4 Å². The summed E-state index contributed by atoms with van der Waals surface area (Å²) in [6.07, 6.45) is 4.12. The molecule has 2 heterocycles. The average Bonchev–Trinajstić information content (AvgIpc) is 2.51. The van der Waals surface area contributed by atoms with E-state index in [2.05, 4.69) is 28.8 Å². The van der Waals surface area contributed by atoms with Crippen LogP contribution in [0.15, 0.2) is 18.3 Å². The third-order valence-electron chi connectivity index (χ3n) is 3.46. The Bertz CT molecular complexity index is 366. The number of pyridine rings is 1. The van der Waals surface area contributed by atoms with E-state index in [1.54, 1.807) is 0 Å². The van der Waals surface area contributed by atoms with E-state index in [0.717, 1.165) is 37.6 Å². The number of anilines is 2. The maximum atomic E-state index is 6.04. The van der Waals surface area contributed by atoms with Crippen molar-refractivity contribution in [2.24, 2.45) is 0 Å². The highest BCUT2D eigenvalue weighted by molar-refractivity contribution is 5.62. The molecule has 1 aromatic rings. The Balaban J connectivity index is 2.25. The van der Waals surface area contributed by atoms with E-state index in [4.69, 9.17) is 5.73 Å². The second kappa shape index (κ2) is 5.36. The highest BCUT2D eigenvalue weighted by Gasteiger charge is 2.24. The van der Waals surface area contributed by atoms with Crippen LogP contribution in [0.5, 0.6) is 0 Å².